The first kappa shape index (κ1) is 8.53. The van der Waals surface area contributed by atoms with Crippen LogP contribution in [-0.2, 0) is 0 Å². The number of hydrogen-bond donors (Lipinski definition) is 2. The topological polar surface area (TPSA) is 39.7 Å². The van der Waals surface area contributed by atoms with E-state index < -0.39 is 0 Å². The van der Waals surface area contributed by atoms with Crippen molar-refractivity contribution >= 4 is 5.96 Å². The van der Waals surface area contributed by atoms with E-state index in [0.717, 1.165) is 30.9 Å². The molecule has 2 fully saturated rings. The summed E-state index contributed by atoms with van der Waals surface area (Å²) >= 11 is 0. The number of hydrogen-bond acceptors (Lipinski definition) is 4. The van der Waals surface area contributed by atoms with Gasteiger partial charge in [-0.15, -0.1) is 0 Å². The van der Waals surface area contributed by atoms with E-state index in [1.807, 2.05) is 0 Å². The van der Waals surface area contributed by atoms with Crippen molar-refractivity contribution in [2.24, 2.45) is 16.8 Å². The zero-order chi connectivity index (χ0) is 9.54. The van der Waals surface area contributed by atoms with Crippen molar-refractivity contribution in [1.82, 2.24) is 15.5 Å². The molecular weight excluding hydrogens is 176 g/mol. The molecule has 3 atom stereocenters. The summed E-state index contributed by atoms with van der Waals surface area (Å²) < 4.78 is 0. The van der Waals surface area contributed by atoms with E-state index in [0.29, 0.717) is 6.04 Å². The Morgan fingerprint density at radius 3 is 3.07 bits per heavy atom. The van der Waals surface area contributed by atoms with E-state index in [1.54, 1.807) is 0 Å². The van der Waals surface area contributed by atoms with Gasteiger partial charge in [-0.3, -0.25) is 4.99 Å². The van der Waals surface area contributed by atoms with Gasteiger partial charge in [-0.25, -0.2) is 0 Å². The zero-order valence-electron chi connectivity index (χ0n) is 8.66. The molecule has 3 aliphatic heterocycles. The molecule has 14 heavy (non-hydrogen) atoms. The fourth-order valence-electron chi connectivity index (χ4n) is 3.02. The van der Waals surface area contributed by atoms with E-state index in [2.05, 4.69) is 27.4 Å². The summed E-state index contributed by atoms with van der Waals surface area (Å²) in [5.74, 6) is 2.82. The minimum Gasteiger partial charge on any atom is -0.354 e. The Bertz CT molecular complexity index is 263. The maximum Gasteiger partial charge on any atom is 0.194 e. The quantitative estimate of drug-likeness (QED) is 0.545. The molecule has 78 valence electrons. The Kier molecular flexibility index (Phi) is 1.90. The lowest BCUT2D eigenvalue weighted by Crippen LogP contribution is -2.43. The molecule has 2 saturated heterocycles. The third-order valence-electron chi connectivity index (χ3n) is 3.86. The summed E-state index contributed by atoms with van der Waals surface area (Å²) in [4.78, 5) is 6.97. The SMILES string of the molecule is CC1C2CNCC2CN1C1=NCCN1. The average molecular weight is 194 g/mol. The summed E-state index contributed by atoms with van der Waals surface area (Å²) in [6.07, 6.45) is 0. The molecule has 0 spiro atoms. The van der Waals surface area contributed by atoms with Crippen molar-refractivity contribution in [3.8, 4) is 0 Å². The lowest BCUT2D eigenvalue weighted by atomic mass is 9.95. The van der Waals surface area contributed by atoms with E-state index in [1.165, 1.54) is 19.6 Å². The number of fused-ring (bicyclic) bond motifs is 1. The van der Waals surface area contributed by atoms with Crippen LogP contribution in [0.2, 0.25) is 0 Å². The molecule has 0 aliphatic carbocycles. The molecule has 0 amide bonds. The Hall–Kier alpha value is -0.770. The number of guanidine groups is 1. The van der Waals surface area contributed by atoms with E-state index in [-0.39, 0.29) is 0 Å². The molecule has 0 saturated carbocycles. The number of rotatable bonds is 0. The molecular formula is C10H18N4. The Labute approximate surface area is 84.8 Å². The first-order valence-electron chi connectivity index (χ1n) is 5.62. The summed E-state index contributed by atoms with van der Waals surface area (Å²) in [5, 5.41) is 6.85. The van der Waals surface area contributed by atoms with Crippen LogP contribution in [0.4, 0.5) is 0 Å². The Balaban J connectivity index is 1.77. The molecule has 0 aromatic heterocycles. The normalized spacial score (nSPS) is 41.1. The molecule has 0 aromatic carbocycles. The number of nitrogens with one attached hydrogen (secondary N) is 2. The predicted octanol–water partition coefficient (Wildman–Crippen LogP) is -0.515. The van der Waals surface area contributed by atoms with Crippen LogP contribution in [-0.4, -0.2) is 49.6 Å². The Morgan fingerprint density at radius 2 is 2.36 bits per heavy atom. The second kappa shape index (κ2) is 3.12. The summed E-state index contributed by atoms with van der Waals surface area (Å²) in [5.41, 5.74) is 0. The zero-order valence-corrected chi connectivity index (χ0v) is 8.66. The van der Waals surface area contributed by atoms with Crippen LogP contribution in [0.15, 0.2) is 4.99 Å². The van der Waals surface area contributed by atoms with Crippen molar-refractivity contribution < 1.29 is 0 Å². The minimum absolute atomic E-state index is 0.652. The van der Waals surface area contributed by atoms with Gasteiger partial charge in [0.15, 0.2) is 5.96 Å². The summed E-state index contributed by atoms with van der Waals surface area (Å²) in [7, 11) is 0. The highest BCUT2D eigenvalue weighted by Crippen LogP contribution is 2.32. The van der Waals surface area contributed by atoms with Crippen LogP contribution in [0.5, 0.6) is 0 Å². The first-order chi connectivity index (χ1) is 6.86. The number of likely N-dealkylation sites (tertiary alicyclic amines) is 1. The highest BCUT2D eigenvalue weighted by Gasteiger charge is 2.43. The van der Waals surface area contributed by atoms with Crippen LogP contribution in [0.3, 0.4) is 0 Å². The molecule has 0 radical (unpaired) electrons. The van der Waals surface area contributed by atoms with Crippen LogP contribution < -0.4 is 10.6 Å². The van der Waals surface area contributed by atoms with Crippen molar-refractivity contribution in [2.75, 3.05) is 32.7 Å². The molecule has 4 heteroatoms. The summed E-state index contributed by atoms with van der Waals surface area (Å²) in [6.45, 7) is 7.87. The van der Waals surface area contributed by atoms with E-state index in [4.69, 9.17) is 0 Å². The molecule has 2 N–H and O–H groups in total. The first-order valence-corrected chi connectivity index (χ1v) is 5.62. The van der Waals surface area contributed by atoms with Gasteiger partial charge in [0.05, 0.1) is 6.54 Å². The number of aliphatic imine (C=N–C) groups is 1. The smallest absolute Gasteiger partial charge is 0.194 e. The minimum atomic E-state index is 0.652. The van der Waals surface area contributed by atoms with Crippen molar-refractivity contribution in [3.63, 3.8) is 0 Å². The highest BCUT2D eigenvalue weighted by molar-refractivity contribution is 5.82. The Morgan fingerprint density at radius 1 is 1.43 bits per heavy atom. The third kappa shape index (κ3) is 1.13. The lowest BCUT2D eigenvalue weighted by Gasteiger charge is -2.26. The maximum atomic E-state index is 4.51. The van der Waals surface area contributed by atoms with Gasteiger partial charge >= 0.3 is 0 Å². The number of nitrogens with zero attached hydrogens (tertiary/aromatic N) is 2. The van der Waals surface area contributed by atoms with Crippen molar-refractivity contribution in [1.29, 1.82) is 0 Å². The molecule has 4 nitrogen and oxygen atoms in total. The van der Waals surface area contributed by atoms with Crippen LogP contribution in [0.25, 0.3) is 0 Å². The van der Waals surface area contributed by atoms with Gasteiger partial charge < -0.3 is 15.5 Å². The molecule has 3 heterocycles. The standard InChI is InChI=1S/C10H18N4/c1-7-9-5-11-4-8(9)6-14(7)10-12-2-3-13-10/h7-9,11H,2-6H2,1H3,(H,12,13). The predicted molar refractivity (Wildman–Crippen MR) is 56.3 cm³/mol. The molecule has 3 rings (SSSR count). The average Bonchev–Trinajstić information content (AvgIpc) is 2.84. The van der Waals surface area contributed by atoms with Gasteiger partial charge in [-0.2, -0.15) is 0 Å². The van der Waals surface area contributed by atoms with E-state index in [9.17, 15) is 0 Å². The van der Waals surface area contributed by atoms with Gasteiger partial charge in [-0.1, -0.05) is 0 Å². The highest BCUT2D eigenvalue weighted by atomic mass is 15.4. The van der Waals surface area contributed by atoms with Gasteiger partial charge in [0.25, 0.3) is 0 Å². The van der Waals surface area contributed by atoms with Crippen LogP contribution >= 0.6 is 0 Å². The van der Waals surface area contributed by atoms with Crippen molar-refractivity contribution in [2.45, 2.75) is 13.0 Å². The molecule has 3 unspecified atom stereocenters. The lowest BCUT2D eigenvalue weighted by molar-refractivity contribution is 0.351. The molecule has 0 aromatic rings. The van der Waals surface area contributed by atoms with E-state index >= 15 is 0 Å². The van der Waals surface area contributed by atoms with Crippen molar-refractivity contribution in [3.05, 3.63) is 0 Å². The van der Waals surface area contributed by atoms with Gasteiger partial charge in [0.1, 0.15) is 0 Å². The molecule has 3 aliphatic rings. The molecule has 0 bridgehead atoms. The second-order valence-corrected chi connectivity index (χ2v) is 4.61. The second-order valence-electron chi connectivity index (χ2n) is 4.61. The fourth-order valence-corrected chi connectivity index (χ4v) is 3.02. The monoisotopic (exact) mass is 194 g/mol. The van der Waals surface area contributed by atoms with Crippen LogP contribution in [0.1, 0.15) is 6.92 Å². The fraction of sp³-hybridized carbons (Fsp3) is 0.900. The van der Waals surface area contributed by atoms with Gasteiger partial charge in [0.2, 0.25) is 0 Å². The maximum absolute atomic E-state index is 4.51. The third-order valence-corrected chi connectivity index (χ3v) is 3.86. The summed E-state index contributed by atoms with van der Waals surface area (Å²) in [6, 6.07) is 0.652. The van der Waals surface area contributed by atoms with Gasteiger partial charge in [-0.05, 0) is 18.8 Å². The van der Waals surface area contributed by atoms with Gasteiger partial charge in [0, 0.05) is 32.2 Å². The largest absolute Gasteiger partial charge is 0.354 e. The van der Waals surface area contributed by atoms with Crippen LogP contribution in [0, 0.1) is 11.8 Å².